The molecule has 14 heavy (non-hydrogen) atoms. The van der Waals surface area contributed by atoms with Crippen LogP contribution >= 0.6 is 0 Å². The molecule has 1 aliphatic rings. The number of piperazine rings is 1. The average Bonchev–Trinajstić information content (AvgIpc) is 2.16. The lowest BCUT2D eigenvalue weighted by molar-refractivity contribution is -0.141. The Morgan fingerprint density at radius 3 is 2.43 bits per heavy atom. The van der Waals surface area contributed by atoms with Crippen LogP contribution in [0.2, 0.25) is 0 Å². The summed E-state index contributed by atoms with van der Waals surface area (Å²) in [4.78, 5) is 13.0. The number of nitrogens with zero attached hydrogens (tertiary/aromatic N) is 2. The molecule has 0 bridgehead atoms. The van der Waals surface area contributed by atoms with E-state index in [1.807, 2.05) is 11.9 Å². The van der Waals surface area contributed by atoms with E-state index >= 15 is 0 Å². The van der Waals surface area contributed by atoms with Crippen molar-refractivity contribution in [2.75, 3.05) is 33.2 Å². The fourth-order valence-corrected chi connectivity index (χ4v) is 1.48. The molecule has 0 aliphatic carbocycles. The number of nitrogens with one attached hydrogen (secondary N) is 1. The summed E-state index contributed by atoms with van der Waals surface area (Å²) < 4.78 is 0. The predicted octanol–water partition coefficient (Wildman–Crippen LogP) is -0.398. The van der Waals surface area contributed by atoms with Gasteiger partial charge in [0.05, 0.1) is 0 Å². The molecule has 82 valence electrons. The Hall–Kier alpha value is -0.650. The quantitative estimate of drug-likeness (QED) is 0.648. The molecule has 0 radical (unpaired) electrons. The molecular weight excluding hydrogens is 182 g/mol. The van der Waals surface area contributed by atoms with Gasteiger partial charge in [0, 0.05) is 26.2 Å². The lowest BCUT2D eigenvalue weighted by Gasteiger charge is -2.34. The Morgan fingerprint density at radius 2 is 2.00 bits per heavy atom. The molecule has 1 heterocycles. The van der Waals surface area contributed by atoms with Crippen LogP contribution in [0.5, 0.6) is 0 Å². The summed E-state index contributed by atoms with van der Waals surface area (Å²) in [6.07, 6.45) is 0.613. The van der Waals surface area contributed by atoms with Gasteiger partial charge in [0.1, 0.15) is 6.04 Å². The van der Waals surface area contributed by atoms with Gasteiger partial charge in [-0.1, -0.05) is 6.92 Å². The van der Waals surface area contributed by atoms with E-state index in [1.165, 1.54) is 0 Å². The third kappa shape index (κ3) is 3.25. The number of likely N-dealkylation sites (N-methyl/N-ethyl adjacent to an activating group) is 1. The van der Waals surface area contributed by atoms with E-state index in [1.54, 1.807) is 0 Å². The SMILES string of the molecule is CCC(NN1CCN(C)CC1)C(=O)O. The molecule has 0 spiro atoms. The second kappa shape index (κ2) is 5.29. The van der Waals surface area contributed by atoms with Crippen LogP contribution in [0, 0.1) is 0 Å². The third-order valence-electron chi connectivity index (χ3n) is 2.55. The first-order chi connectivity index (χ1) is 6.63. The predicted molar refractivity (Wildman–Crippen MR) is 53.9 cm³/mol. The molecule has 1 atom stereocenters. The Labute approximate surface area is 84.6 Å². The molecule has 0 aromatic heterocycles. The van der Waals surface area contributed by atoms with E-state index in [0.717, 1.165) is 26.2 Å². The molecule has 2 N–H and O–H groups in total. The number of hydrazine groups is 1. The van der Waals surface area contributed by atoms with Gasteiger partial charge in [-0.25, -0.2) is 10.4 Å². The van der Waals surface area contributed by atoms with Gasteiger partial charge in [0.15, 0.2) is 0 Å². The van der Waals surface area contributed by atoms with Crippen molar-refractivity contribution in [1.82, 2.24) is 15.3 Å². The highest BCUT2D eigenvalue weighted by Crippen LogP contribution is 1.99. The molecule has 0 aromatic rings. The molecule has 0 amide bonds. The van der Waals surface area contributed by atoms with Crippen LogP contribution in [-0.4, -0.2) is 60.3 Å². The topological polar surface area (TPSA) is 55.8 Å². The van der Waals surface area contributed by atoms with Crippen LogP contribution in [0.25, 0.3) is 0 Å². The Kier molecular flexibility index (Phi) is 4.31. The van der Waals surface area contributed by atoms with Gasteiger partial charge in [-0.15, -0.1) is 0 Å². The first kappa shape index (κ1) is 11.4. The molecule has 1 saturated heterocycles. The van der Waals surface area contributed by atoms with Crippen molar-refractivity contribution in [2.24, 2.45) is 0 Å². The molecule has 1 rings (SSSR count). The van der Waals surface area contributed by atoms with Crippen LogP contribution in [0.3, 0.4) is 0 Å². The lowest BCUT2D eigenvalue weighted by atomic mass is 10.2. The minimum Gasteiger partial charge on any atom is -0.480 e. The van der Waals surface area contributed by atoms with Crippen molar-refractivity contribution in [3.05, 3.63) is 0 Å². The Morgan fingerprint density at radius 1 is 1.43 bits per heavy atom. The summed E-state index contributed by atoms with van der Waals surface area (Å²) in [5.41, 5.74) is 3.03. The number of aliphatic carboxylic acids is 1. The van der Waals surface area contributed by atoms with E-state index in [2.05, 4.69) is 17.4 Å². The van der Waals surface area contributed by atoms with E-state index in [9.17, 15) is 4.79 Å². The fourth-order valence-electron chi connectivity index (χ4n) is 1.48. The van der Waals surface area contributed by atoms with E-state index in [0.29, 0.717) is 6.42 Å². The molecule has 0 aromatic carbocycles. The molecule has 1 fully saturated rings. The van der Waals surface area contributed by atoms with Gasteiger partial charge >= 0.3 is 5.97 Å². The lowest BCUT2D eigenvalue weighted by Crippen LogP contribution is -2.55. The smallest absolute Gasteiger partial charge is 0.322 e. The first-order valence-electron chi connectivity index (χ1n) is 5.06. The van der Waals surface area contributed by atoms with Crippen molar-refractivity contribution in [3.63, 3.8) is 0 Å². The van der Waals surface area contributed by atoms with Crippen molar-refractivity contribution in [2.45, 2.75) is 19.4 Å². The number of carbonyl (C=O) groups is 1. The summed E-state index contributed by atoms with van der Waals surface area (Å²) in [6, 6.07) is -0.446. The maximum atomic E-state index is 10.8. The number of hydrogen-bond donors (Lipinski definition) is 2. The van der Waals surface area contributed by atoms with Gasteiger partial charge in [0.2, 0.25) is 0 Å². The first-order valence-corrected chi connectivity index (χ1v) is 5.06. The molecule has 1 unspecified atom stereocenters. The van der Waals surface area contributed by atoms with Gasteiger partial charge in [-0.05, 0) is 13.5 Å². The van der Waals surface area contributed by atoms with Crippen molar-refractivity contribution >= 4 is 5.97 Å². The number of hydrogen-bond acceptors (Lipinski definition) is 4. The normalized spacial score (nSPS) is 22.1. The van der Waals surface area contributed by atoms with Gasteiger partial charge in [-0.3, -0.25) is 4.79 Å². The number of carboxylic acids is 1. The van der Waals surface area contributed by atoms with Crippen LogP contribution in [0.1, 0.15) is 13.3 Å². The van der Waals surface area contributed by atoms with Crippen LogP contribution in [0.4, 0.5) is 0 Å². The zero-order chi connectivity index (χ0) is 10.6. The minimum atomic E-state index is -0.772. The van der Waals surface area contributed by atoms with Gasteiger partial charge < -0.3 is 10.0 Å². The second-order valence-electron chi connectivity index (χ2n) is 3.72. The number of rotatable bonds is 4. The Balaban J connectivity index is 2.32. The third-order valence-corrected chi connectivity index (χ3v) is 2.55. The highest BCUT2D eigenvalue weighted by molar-refractivity contribution is 5.73. The summed E-state index contributed by atoms with van der Waals surface area (Å²) >= 11 is 0. The second-order valence-corrected chi connectivity index (χ2v) is 3.72. The van der Waals surface area contributed by atoms with Gasteiger partial charge in [-0.2, -0.15) is 0 Å². The molecule has 0 saturated carbocycles. The standard InChI is InChI=1S/C9H19N3O2/c1-3-8(9(13)14)10-12-6-4-11(2)5-7-12/h8,10H,3-7H2,1-2H3,(H,13,14). The van der Waals surface area contributed by atoms with Crippen molar-refractivity contribution in [3.8, 4) is 0 Å². The van der Waals surface area contributed by atoms with Crippen molar-refractivity contribution in [1.29, 1.82) is 0 Å². The number of carboxylic acid groups (broad SMARTS) is 1. The highest BCUT2D eigenvalue weighted by atomic mass is 16.4. The molecule has 5 nitrogen and oxygen atoms in total. The van der Waals surface area contributed by atoms with Crippen LogP contribution in [0.15, 0.2) is 0 Å². The monoisotopic (exact) mass is 201 g/mol. The van der Waals surface area contributed by atoms with E-state index < -0.39 is 12.0 Å². The summed E-state index contributed by atoms with van der Waals surface area (Å²) in [5.74, 6) is -0.772. The summed E-state index contributed by atoms with van der Waals surface area (Å²) in [5, 5.41) is 10.9. The van der Waals surface area contributed by atoms with Crippen LogP contribution in [-0.2, 0) is 4.79 Å². The zero-order valence-corrected chi connectivity index (χ0v) is 8.86. The van der Waals surface area contributed by atoms with Gasteiger partial charge in [0.25, 0.3) is 0 Å². The fraction of sp³-hybridized carbons (Fsp3) is 0.889. The van der Waals surface area contributed by atoms with Crippen molar-refractivity contribution < 1.29 is 9.90 Å². The zero-order valence-electron chi connectivity index (χ0n) is 8.86. The maximum absolute atomic E-state index is 10.8. The molecular formula is C9H19N3O2. The largest absolute Gasteiger partial charge is 0.480 e. The summed E-state index contributed by atoms with van der Waals surface area (Å²) in [7, 11) is 2.08. The Bertz CT molecular complexity index is 190. The average molecular weight is 201 g/mol. The highest BCUT2D eigenvalue weighted by Gasteiger charge is 2.20. The van der Waals surface area contributed by atoms with Crippen LogP contribution < -0.4 is 5.43 Å². The van der Waals surface area contributed by atoms with E-state index in [4.69, 9.17) is 5.11 Å². The molecule has 1 aliphatic heterocycles. The molecule has 5 heteroatoms. The maximum Gasteiger partial charge on any atom is 0.322 e. The minimum absolute atomic E-state index is 0.446. The van der Waals surface area contributed by atoms with E-state index in [-0.39, 0.29) is 0 Å². The summed E-state index contributed by atoms with van der Waals surface area (Å²) in [6.45, 7) is 5.63.